The molecule has 0 N–H and O–H groups in total. The third-order valence-corrected chi connectivity index (χ3v) is 3.12. The van der Waals surface area contributed by atoms with Crippen molar-refractivity contribution >= 4 is 0 Å². The van der Waals surface area contributed by atoms with Crippen molar-refractivity contribution in [3.63, 3.8) is 0 Å². The van der Waals surface area contributed by atoms with Crippen LogP contribution in [0.25, 0.3) is 0 Å². The summed E-state index contributed by atoms with van der Waals surface area (Å²) in [6.07, 6.45) is 2.81. The lowest BCUT2D eigenvalue weighted by Gasteiger charge is -2.09. The lowest BCUT2D eigenvalue weighted by molar-refractivity contribution is 1.07. The normalized spacial score (nSPS) is 14.6. The first-order valence-corrected chi connectivity index (χ1v) is 5.77. The van der Waals surface area contributed by atoms with Crippen molar-refractivity contribution in [2.45, 2.75) is 53.4 Å². The Morgan fingerprint density at radius 3 is 2.00 bits per heavy atom. The second kappa shape index (κ2) is 4.63. The van der Waals surface area contributed by atoms with E-state index in [9.17, 15) is 0 Å². The molecule has 1 aromatic rings. The Balaban J connectivity index is 0.000000461. The Bertz CT molecular complexity index is 306. The van der Waals surface area contributed by atoms with E-state index in [-0.39, 0.29) is 0 Å². The molecule has 0 nitrogen and oxygen atoms in total. The highest BCUT2D eigenvalue weighted by molar-refractivity contribution is 5.41. The summed E-state index contributed by atoms with van der Waals surface area (Å²) in [5.74, 6) is 0.893. The van der Waals surface area contributed by atoms with Gasteiger partial charge in [0.05, 0.1) is 0 Å². The SMILES string of the molecule is CC.Cc1ccc(C2CC2)c(C)c1C. The van der Waals surface area contributed by atoms with Crippen molar-refractivity contribution in [2.75, 3.05) is 0 Å². The predicted molar refractivity (Wildman–Crippen MR) is 64.0 cm³/mol. The molecule has 0 bridgehead atoms. The van der Waals surface area contributed by atoms with Crippen molar-refractivity contribution in [2.24, 2.45) is 0 Å². The van der Waals surface area contributed by atoms with Crippen molar-refractivity contribution in [3.05, 3.63) is 34.4 Å². The predicted octanol–water partition coefficient (Wildman–Crippen LogP) is 4.52. The van der Waals surface area contributed by atoms with Gasteiger partial charge >= 0.3 is 0 Å². The van der Waals surface area contributed by atoms with E-state index < -0.39 is 0 Å². The molecule has 0 heterocycles. The molecule has 1 aliphatic carbocycles. The third kappa shape index (κ3) is 2.17. The minimum Gasteiger partial charge on any atom is -0.0683 e. The molecule has 1 aliphatic rings. The topological polar surface area (TPSA) is 0 Å². The first-order valence-electron chi connectivity index (χ1n) is 5.77. The van der Waals surface area contributed by atoms with Crippen LogP contribution in [0.2, 0.25) is 0 Å². The lowest BCUT2D eigenvalue weighted by atomic mass is 9.96. The molecule has 0 radical (unpaired) electrons. The Hall–Kier alpha value is -0.780. The molecule has 1 aromatic carbocycles. The maximum absolute atomic E-state index is 2.31. The number of rotatable bonds is 1. The summed E-state index contributed by atoms with van der Waals surface area (Å²) in [6.45, 7) is 10.7. The van der Waals surface area contributed by atoms with Gasteiger partial charge in [-0.2, -0.15) is 0 Å². The maximum Gasteiger partial charge on any atom is -0.0159 e. The molecule has 0 saturated heterocycles. The van der Waals surface area contributed by atoms with Crippen molar-refractivity contribution < 1.29 is 0 Å². The van der Waals surface area contributed by atoms with E-state index >= 15 is 0 Å². The van der Waals surface area contributed by atoms with Gasteiger partial charge in [-0.1, -0.05) is 26.0 Å². The van der Waals surface area contributed by atoms with E-state index in [0.717, 1.165) is 5.92 Å². The zero-order valence-electron chi connectivity index (χ0n) is 10.1. The maximum atomic E-state index is 2.31. The van der Waals surface area contributed by atoms with Crippen LogP contribution < -0.4 is 0 Å². The summed E-state index contributed by atoms with van der Waals surface area (Å²) < 4.78 is 0. The van der Waals surface area contributed by atoms with Crippen LogP contribution in [0.5, 0.6) is 0 Å². The quantitative estimate of drug-likeness (QED) is 0.611. The van der Waals surface area contributed by atoms with Crippen LogP contribution in [0, 0.1) is 20.8 Å². The summed E-state index contributed by atoms with van der Waals surface area (Å²) in [7, 11) is 0. The summed E-state index contributed by atoms with van der Waals surface area (Å²) >= 11 is 0. The minimum atomic E-state index is 0.893. The van der Waals surface area contributed by atoms with Gasteiger partial charge in [0, 0.05) is 0 Å². The van der Waals surface area contributed by atoms with E-state index in [4.69, 9.17) is 0 Å². The molecule has 1 saturated carbocycles. The molecule has 0 unspecified atom stereocenters. The molecule has 0 aromatic heterocycles. The Labute approximate surface area is 88.4 Å². The van der Waals surface area contributed by atoms with Crippen LogP contribution in [0.4, 0.5) is 0 Å². The minimum absolute atomic E-state index is 0.893. The van der Waals surface area contributed by atoms with Gasteiger partial charge < -0.3 is 0 Å². The zero-order valence-corrected chi connectivity index (χ0v) is 10.1. The molecule has 0 aliphatic heterocycles. The number of aryl methyl sites for hydroxylation is 1. The van der Waals surface area contributed by atoms with E-state index in [1.165, 1.54) is 29.5 Å². The highest BCUT2D eigenvalue weighted by Gasteiger charge is 2.25. The largest absolute Gasteiger partial charge is 0.0683 e. The molecular weight excluding hydrogens is 168 g/mol. The van der Waals surface area contributed by atoms with Gasteiger partial charge in [0.1, 0.15) is 0 Å². The molecule has 0 amide bonds. The van der Waals surface area contributed by atoms with Gasteiger partial charge in [0.15, 0.2) is 0 Å². The highest BCUT2D eigenvalue weighted by atomic mass is 14.3. The van der Waals surface area contributed by atoms with Crippen LogP contribution in [0.3, 0.4) is 0 Å². The fourth-order valence-corrected chi connectivity index (χ4v) is 1.81. The van der Waals surface area contributed by atoms with Crippen LogP contribution in [0.1, 0.15) is 54.9 Å². The van der Waals surface area contributed by atoms with Gasteiger partial charge in [0.25, 0.3) is 0 Å². The molecule has 0 spiro atoms. The van der Waals surface area contributed by atoms with Crippen LogP contribution in [-0.4, -0.2) is 0 Å². The molecule has 0 heteroatoms. The van der Waals surface area contributed by atoms with Gasteiger partial charge in [-0.25, -0.2) is 0 Å². The first kappa shape index (κ1) is 11.3. The van der Waals surface area contributed by atoms with Crippen LogP contribution >= 0.6 is 0 Å². The summed E-state index contributed by atoms with van der Waals surface area (Å²) in [5.41, 5.74) is 6.03. The van der Waals surface area contributed by atoms with E-state index in [1.54, 1.807) is 5.56 Å². The van der Waals surface area contributed by atoms with Gasteiger partial charge in [-0.05, 0) is 61.8 Å². The summed E-state index contributed by atoms with van der Waals surface area (Å²) in [6, 6.07) is 4.57. The number of hydrogen-bond acceptors (Lipinski definition) is 0. The average molecular weight is 190 g/mol. The van der Waals surface area contributed by atoms with Crippen molar-refractivity contribution in [1.82, 2.24) is 0 Å². The zero-order chi connectivity index (χ0) is 10.7. The smallest absolute Gasteiger partial charge is 0.0159 e. The third-order valence-electron chi connectivity index (χ3n) is 3.12. The first-order chi connectivity index (χ1) is 6.70. The van der Waals surface area contributed by atoms with Crippen LogP contribution in [0.15, 0.2) is 12.1 Å². The molecule has 14 heavy (non-hydrogen) atoms. The molecular formula is C14H22. The van der Waals surface area contributed by atoms with Gasteiger partial charge in [0.2, 0.25) is 0 Å². The Morgan fingerprint density at radius 2 is 1.50 bits per heavy atom. The second-order valence-electron chi connectivity index (χ2n) is 4.00. The Morgan fingerprint density at radius 1 is 0.929 bits per heavy atom. The van der Waals surface area contributed by atoms with E-state index in [2.05, 4.69) is 32.9 Å². The lowest BCUT2D eigenvalue weighted by Crippen LogP contribution is -1.92. The molecule has 0 atom stereocenters. The summed E-state index contributed by atoms with van der Waals surface area (Å²) in [5, 5.41) is 0. The fourth-order valence-electron chi connectivity index (χ4n) is 1.81. The molecule has 1 fully saturated rings. The summed E-state index contributed by atoms with van der Waals surface area (Å²) in [4.78, 5) is 0. The number of benzene rings is 1. The molecule has 2 rings (SSSR count). The second-order valence-corrected chi connectivity index (χ2v) is 4.00. The highest BCUT2D eigenvalue weighted by Crippen LogP contribution is 2.42. The standard InChI is InChI=1S/C12H16.C2H6/c1-8-4-7-12(11-5-6-11)10(3)9(8)2;1-2/h4,7,11H,5-6H2,1-3H3;1-2H3. The van der Waals surface area contributed by atoms with Crippen molar-refractivity contribution in [3.8, 4) is 0 Å². The fraction of sp³-hybridized carbons (Fsp3) is 0.571. The van der Waals surface area contributed by atoms with E-state index in [1.807, 2.05) is 13.8 Å². The molecule has 78 valence electrons. The van der Waals surface area contributed by atoms with Crippen LogP contribution in [-0.2, 0) is 0 Å². The Kier molecular flexibility index (Phi) is 3.74. The van der Waals surface area contributed by atoms with Gasteiger partial charge in [-0.3, -0.25) is 0 Å². The van der Waals surface area contributed by atoms with Gasteiger partial charge in [-0.15, -0.1) is 0 Å². The monoisotopic (exact) mass is 190 g/mol. The number of hydrogen-bond donors (Lipinski definition) is 0. The van der Waals surface area contributed by atoms with E-state index in [0.29, 0.717) is 0 Å². The van der Waals surface area contributed by atoms with Crippen molar-refractivity contribution in [1.29, 1.82) is 0 Å². The average Bonchev–Trinajstić information content (AvgIpc) is 3.01.